The van der Waals surface area contributed by atoms with Crippen LogP contribution in [0.2, 0.25) is 0 Å². The largest absolute Gasteiger partial charge is 0.436 e. The maximum absolute atomic E-state index is 5.50. The van der Waals surface area contributed by atoms with Gasteiger partial charge in [-0.3, -0.25) is 10.1 Å². The van der Waals surface area contributed by atoms with Crippen LogP contribution in [0.5, 0.6) is 11.6 Å². The van der Waals surface area contributed by atoms with Crippen molar-refractivity contribution < 1.29 is 4.74 Å². The van der Waals surface area contributed by atoms with E-state index < -0.39 is 0 Å². The number of halogens is 1. The van der Waals surface area contributed by atoms with E-state index in [1.54, 1.807) is 18.5 Å². The van der Waals surface area contributed by atoms with Crippen molar-refractivity contribution >= 4 is 15.9 Å². The Bertz CT molecular complexity index is 441. The van der Waals surface area contributed by atoms with Crippen LogP contribution >= 0.6 is 15.9 Å². The zero-order valence-corrected chi connectivity index (χ0v) is 9.08. The molecule has 0 unspecified atom stereocenters. The van der Waals surface area contributed by atoms with Gasteiger partial charge in [0.15, 0.2) is 0 Å². The van der Waals surface area contributed by atoms with E-state index in [0.717, 1.165) is 10.2 Å². The van der Waals surface area contributed by atoms with E-state index in [0.29, 0.717) is 11.6 Å². The van der Waals surface area contributed by atoms with Gasteiger partial charge in [0.1, 0.15) is 5.75 Å². The van der Waals surface area contributed by atoms with E-state index in [2.05, 4.69) is 31.1 Å². The van der Waals surface area contributed by atoms with Crippen LogP contribution in [0.25, 0.3) is 0 Å². The van der Waals surface area contributed by atoms with Crippen LogP contribution in [0.3, 0.4) is 0 Å². The Morgan fingerprint density at radius 2 is 2.36 bits per heavy atom. The summed E-state index contributed by atoms with van der Waals surface area (Å²) in [6.45, 7) is 1.92. The summed E-state index contributed by atoms with van der Waals surface area (Å²) in [6, 6.07) is 3.60. The van der Waals surface area contributed by atoms with Gasteiger partial charge in [0.25, 0.3) is 0 Å². The molecule has 0 bridgehead atoms. The molecule has 0 aliphatic heterocycles. The molecule has 0 aliphatic rings. The number of H-pyrrole nitrogens is 1. The molecule has 0 atom stereocenters. The fraction of sp³-hybridized carbons (Fsp3) is 0.111. The molecule has 0 aliphatic carbocycles. The lowest BCUT2D eigenvalue weighted by atomic mass is 10.4. The topological polar surface area (TPSA) is 50.8 Å². The zero-order chi connectivity index (χ0) is 9.97. The maximum atomic E-state index is 5.50. The second kappa shape index (κ2) is 3.79. The predicted molar refractivity (Wildman–Crippen MR) is 55.3 cm³/mol. The van der Waals surface area contributed by atoms with Gasteiger partial charge in [-0.15, -0.1) is 5.10 Å². The molecule has 0 saturated heterocycles. The van der Waals surface area contributed by atoms with Crippen molar-refractivity contribution in [2.75, 3.05) is 0 Å². The van der Waals surface area contributed by atoms with E-state index in [9.17, 15) is 0 Å². The lowest BCUT2D eigenvalue weighted by molar-refractivity contribution is 0.458. The fourth-order valence-electron chi connectivity index (χ4n) is 1.00. The number of rotatable bonds is 2. The predicted octanol–water partition coefficient (Wildman–Crippen LogP) is 2.67. The summed E-state index contributed by atoms with van der Waals surface area (Å²) in [5, 5.41) is 6.77. The van der Waals surface area contributed by atoms with E-state index in [-0.39, 0.29) is 0 Å². The number of nitrogens with zero attached hydrogens (tertiary/aromatic N) is 2. The Labute approximate surface area is 89.5 Å². The van der Waals surface area contributed by atoms with E-state index in [1.807, 2.05) is 13.0 Å². The molecule has 2 aromatic heterocycles. The third-order valence-electron chi connectivity index (χ3n) is 1.63. The number of pyridine rings is 1. The van der Waals surface area contributed by atoms with Gasteiger partial charge in [-0.2, -0.15) is 0 Å². The maximum Gasteiger partial charge on any atom is 0.238 e. The van der Waals surface area contributed by atoms with Crippen molar-refractivity contribution in [1.82, 2.24) is 15.2 Å². The SMILES string of the molecule is Cc1cc(Oc2ccncc2Br)n[nH]1. The molecule has 2 heterocycles. The first-order valence-electron chi connectivity index (χ1n) is 4.05. The van der Waals surface area contributed by atoms with E-state index in [4.69, 9.17) is 4.74 Å². The molecule has 2 rings (SSSR count). The van der Waals surface area contributed by atoms with Gasteiger partial charge in [0.2, 0.25) is 5.88 Å². The average Bonchev–Trinajstić information content (AvgIpc) is 2.56. The first kappa shape index (κ1) is 9.21. The minimum atomic E-state index is 0.550. The van der Waals surface area contributed by atoms with E-state index >= 15 is 0 Å². The summed E-state index contributed by atoms with van der Waals surface area (Å²) in [7, 11) is 0. The van der Waals surface area contributed by atoms with Crippen LogP contribution in [-0.4, -0.2) is 15.2 Å². The molecule has 0 radical (unpaired) electrons. The van der Waals surface area contributed by atoms with Crippen molar-refractivity contribution in [1.29, 1.82) is 0 Å². The summed E-state index contributed by atoms with van der Waals surface area (Å²) in [5.41, 5.74) is 0.963. The smallest absolute Gasteiger partial charge is 0.238 e. The second-order valence-electron chi connectivity index (χ2n) is 2.80. The average molecular weight is 254 g/mol. The molecular weight excluding hydrogens is 246 g/mol. The van der Waals surface area contributed by atoms with Gasteiger partial charge in [-0.05, 0) is 22.9 Å². The standard InChI is InChI=1S/C9H8BrN3O/c1-6-4-9(13-12-6)14-8-2-3-11-5-7(8)10/h2-5H,1H3,(H,12,13). The van der Waals surface area contributed by atoms with Crippen LogP contribution in [0.1, 0.15) is 5.69 Å². The van der Waals surface area contributed by atoms with Crippen LogP contribution in [-0.2, 0) is 0 Å². The summed E-state index contributed by atoms with van der Waals surface area (Å²) >= 11 is 3.34. The molecular formula is C9H8BrN3O. The van der Waals surface area contributed by atoms with Crippen LogP contribution in [0.4, 0.5) is 0 Å². The van der Waals surface area contributed by atoms with Crippen LogP contribution in [0.15, 0.2) is 29.0 Å². The highest BCUT2D eigenvalue weighted by atomic mass is 79.9. The number of aromatic amines is 1. The molecule has 0 aromatic carbocycles. The number of ether oxygens (including phenoxy) is 1. The van der Waals surface area contributed by atoms with E-state index in [1.165, 1.54) is 0 Å². The zero-order valence-electron chi connectivity index (χ0n) is 7.49. The Hall–Kier alpha value is -1.36. The Morgan fingerprint density at radius 1 is 1.50 bits per heavy atom. The van der Waals surface area contributed by atoms with Crippen molar-refractivity contribution in [3.05, 3.63) is 34.7 Å². The molecule has 14 heavy (non-hydrogen) atoms. The van der Waals surface area contributed by atoms with Gasteiger partial charge >= 0.3 is 0 Å². The third kappa shape index (κ3) is 1.93. The highest BCUT2D eigenvalue weighted by molar-refractivity contribution is 9.10. The lowest BCUT2D eigenvalue weighted by Crippen LogP contribution is -1.85. The highest BCUT2D eigenvalue weighted by Crippen LogP contribution is 2.27. The Kier molecular flexibility index (Phi) is 2.49. The van der Waals surface area contributed by atoms with Gasteiger partial charge < -0.3 is 4.74 Å². The molecule has 0 saturated carbocycles. The molecule has 72 valence electrons. The summed E-state index contributed by atoms with van der Waals surface area (Å²) in [6.07, 6.45) is 3.34. The van der Waals surface area contributed by atoms with Crippen molar-refractivity contribution in [3.8, 4) is 11.6 Å². The first-order chi connectivity index (χ1) is 6.75. The Morgan fingerprint density at radius 3 is 3.00 bits per heavy atom. The number of hydrogen-bond acceptors (Lipinski definition) is 3. The van der Waals surface area contributed by atoms with Gasteiger partial charge in [0.05, 0.1) is 4.47 Å². The molecule has 0 amide bonds. The number of nitrogens with one attached hydrogen (secondary N) is 1. The van der Waals surface area contributed by atoms with Crippen LogP contribution < -0.4 is 4.74 Å². The minimum Gasteiger partial charge on any atom is -0.436 e. The van der Waals surface area contributed by atoms with Crippen molar-refractivity contribution in [2.24, 2.45) is 0 Å². The third-order valence-corrected chi connectivity index (χ3v) is 2.23. The first-order valence-corrected chi connectivity index (χ1v) is 4.84. The van der Waals surface area contributed by atoms with Crippen molar-refractivity contribution in [3.63, 3.8) is 0 Å². The monoisotopic (exact) mass is 253 g/mol. The quantitative estimate of drug-likeness (QED) is 0.896. The minimum absolute atomic E-state index is 0.550. The fourth-order valence-corrected chi connectivity index (χ4v) is 1.33. The number of hydrogen-bond donors (Lipinski definition) is 1. The molecule has 4 nitrogen and oxygen atoms in total. The molecule has 1 N–H and O–H groups in total. The van der Waals surface area contributed by atoms with Gasteiger partial charge in [-0.1, -0.05) is 0 Å². The molecule has 2 aromatic rings. The summed E-state index contributed by atoms with van der Waals surface area (Å²) < 4.78 is 6.31. The molecule has 5 heteroatoms. The Balaban J connectivity index is 2.23. The molecule has 0 spiro atoms. The molecule has 0 fully saturated rings. The van der Waals surface area contributed by atoms with Gasteiger partial charge in [0, 0.05) is 30.2 Å². The van der Waals surface area contributed by atoms with Crippen LogP contribution in [0, 0.1) is 6.92 Å². The van der Waals surface area contributed by atoms with Crippen molar-refractivity contribution in [2.45, 2.75) is 6.92 Å². The second-order valence-corrected chi connectivity index (χ2v) is 3.65. The summed E-state index contributed by atoms with van der Waals surface area (Å²) in [4.78, 5) is 3.94. The summed E-state index contributed by atoms with van der Waals surface area (Å²) in [5.74, 6) is 1.25. The highest BCUT2D eigenvalue weighted by Gasteiger charge is 2.03. The normalized spacial score (nSPS) is 10.1. The van der Waals surface area contributed by atoms with Gasteiger partial charge in [-0.25, -0.2) is 0 Å². The number of aromatic nitrogens is 3. The number of aryl methyl sites for hydroxylation is 1. The lowest BCUT2D eigenvalue weighted by Gasteiger charge is -2.02.